The summed E-state index contributed by atoms with van der Waals surface area (Å²) in [7, 11) is 0. The summed E-state index contributed by atoms with van der Waals surface area (Å²) >= 11 is 3.35. The highest BCUT2D eigenvalue weighted by Crippen LogP contribution is 2.38. The minimum Gasteiger partial charge on any atom is -0.323 e. The molecule has 17 heavy (non-hydrogen) atoms. The summed E-state index contributed by atoms with van der Waals surface area (Å²) in [6, 6.07) is 8.59. The van der Waals surface area contributed by atoms with Gasteiger partial charge in [0.05, 0.1) is 0 Å². The van der Waals surface area contributed by atoms with Crippen molar-refractivity contribution in [3.8, 4) is 0 Å². The first kappa shape index (κ1) is 11.2. The zero-order chi connectivity index (χ0) is 11.7. The molecule has 5 heteroatoms. The van der Waals surface area contributed by atoms with Gasteiger partial charge in [-0.2, -0.15) is 0 Å². The third-order valence-corrected chi connectivity index (χ3v) is 5.28. The molecule has 0 saturated heterocycles. The molecule has 2 N–H and O–H groups in total. The first-order chi connectivity index (χ1) is 8.34. The van der Waals surface area contributed by atoms with Crippen molar-refractivity contribution in [3.63, 3.8) is 0 Å². The van der Waals surface area contributed by atoms with Crippen molar-refractivity contribution >= 4 is 23.1 Å². The van der Waals surface area contributed by atoms with Gasteiger partial charge < -0.3 is 5.73 Å². The summed E-state index contributed by atoms with van der Waals surface area (Å²) in [5.41, 5.74) is 10.8. The Kier molecular flexibility index (Phi) is 3.13. The third kappa shape index (κ3) is 2.22. The van der Waals surface area contributed by atoms with Gasteiger partial charge in [-0.1, -0.05) is 47.4 Å². The van der Waals surface area contributed by atoms with E-state index in [4.69, 9.17) is 5.73 Å². The number of hydrogen-bond acceptors (Lipinski definition) is 5. The molecule has 0 aliphatic heterocycles. The molecule has 0 fully saturated rings. The molecule has 0 radical (unpaired) electrons. The zero-order valence-corrected chi connectivity index (χ0v) is 10.9. The van der Waals surface area contributed by atoms with E-state index in [1.165, 1.54) is 11.1 Å². The van der Waals surface area contributed by atoms with Crippen molar-refractivity contribution in [1.29, 1.82) is 0 Å². The van der Waals surface area contributed by atoms with Crippen LogP contribution in [0.25, 0.3) is 0 Å². The van der Waals surface area contributed by atoms with E-state index in [0.29, 0.717) is 5.25 Å². The minimum absolute atomic E-state index is 0.105. The average molecular weight is 263 g/mol. The number of nitrogens with zero attached hydrogens (tertiary/aromatic N) is 2. The number of hydrogen-bond donors (Lipinski definition) is 1. The van der Waals surface area contributed by atoms with E-state index in [1.807, 2.05) is 0 Å². The fraction of sp³-hybridized carbons (Fsp3) is 0.333. The molecular formula is C12H13N3S2. The number of benzene rings is 1. The van der Waals surface area contributed by atoms with E-state index >= 15 is 0 Å². The molecule has 1 heterocycles. The van der Waals surface area contributed by atoms with Crippen LogP contribution in [0, 0.1) is 0 Å². The highest BCUT2D eigenvalue weighted by atomic mass is 32.2. The largest absolute Gasteiger partial charge is 0.323 e. The van der Waals surface area contributed by atoms with Crippen LogP contribution in [0.1, 0.15) is 23.6 Å². The number of fused-ring (bicyclic) bond motifs is 1. The fourth-order valence-corrected chi connectivity index (χ4v) is 4.12. The second-order valence-corrected chi connectivity index (χ2v) is 6.44. The number of aryl methyl sites for hydroxylation is 1. The zero-order valence-electron chi connectivity index (χ0n) is 9.24. The van der Waals surface area contributed by atoms with Gasteiger partial charge in [0.1, 0.15) is 5.51 Å². The Morgan fingerprint density at radius 2 is 2.24 bits per heavy atom. The van der Waals surface area contributed by atoms with Gasteiger partial charge in [0.15, 0.2) is 4.34 Å². The van der Waals surface area contributed by atoms with Crippen molar-refractivity contribution in [2.45, 2.75) is 28.5 Å². The Morgan fingerprint density at radius 3 is 3.06 bits per heavy atom. The number of nitrogens with two attached hydrogens (primary N) is 1. The summed E-state index contributed by atoms with van der Waals surface area (Å²) in [5.74, 6) is 0. The van der Waals surface area contributed by atoms with Gasteiger partial charge in [0.25, 0.3) is 0 Å². The topological polar surface area (TPSA) is 51.8 Å². The molecule has 3 nitrogen and oxygen atoms in total. The van der Waals surface area contributed by atoms with Crippen LogP contribution >= 0.6 is 23.1 Å². The van der Waals surface area contributed by atoms with Crippen LogP contribution < -0.4 is 5.73 Å². The van der Waals surface area contributed by atoms with E-state index in [-0.39, 0.29) is 6.04 Å². The predicted molar refractivity (Wildman–Crippen MR) is 71.2 cm³/mol. The van der Waals surface area contributed by atoms with Crippen LogP contribution in [0.15, 0.2) is 34.1 Å². The molecule has 0 spiro atoms. The lowest BCUT2D eigenvalue weighted by molar-refractivity contribution is 0.586. The maximum absolute atomic E-state index is 6.34. The van der Waals surface area contributed by atoms with Crippen molar-refractivity contribution < 1.29 is 0 Å². The van der Waals surface area contributed by atoms with Gasteiger partial charge in [-0.25, -0.2) is 0 Å². The Balaban J connectivity index is 1.82. The predicted octanol–water partition coefficient (Wildman–Crippen LogP) is 2.65. The van der Waals surface area contributed by atoms with E-state index in [9.17, 15) is 0 Å². The van der Waals surface area contributed by atoms with Gasteiger partial charge in [0.2, 0.25) is 0 Å². The Bertz CT molecular complexity index is 498. The molecular weight excluding hydrogens is 250 g/mol. The standard InChI is InChI=1S/C12H13N3S2/c13-11-9-4-2-1-3-8(9)5-6-10(11)17-12-15-14-7-16-12/h1-4,7,10-11H,5-6,13H2. The molecule has 2 atom stereocenters. The molecule has 1 aromatic carbocycles. The van der Waals surface area contributed by atoms with Crippen LogP contribution in [-0.2, 0) is 6.42 Å². The summed E-state index contributed by atoms with van der Waals surface area (Å²) < 4.78 is 1.02. The molecule has 0 bridgehead atoms. The van der Waals surface area contributed by atoms with Gasteiger partial charge in [-0.3, -0.25) is 0 Å². The van der Waals surface area contributed by atoms with Crippen LogP contribution in [0.2, 0.25) is 0 Å². The normalized spacial score (nSPS) is 23.4. The minimum atomic E-state index is 0.105. The molecule has 0 amide bonds. The van der Waals surface area contributed by atoms with Crippen molar-refractivity contribution in [3.05, 3.63) is 40.9 Å². The Labute approximate surface area is 108 Å². The summed E-state index contributed by atoms with van der Waals surface area (Å²) in [5, 5.41) is 8.36. The SMILES string of the molecule is NC1c2ccccc2CCC1Sc1nncs1. The van der Waals surface area contributed by atoms with Crippen LogP contribution in [-0.4, -0.2) is 15.4 Å². The lowest BCUT2D eigenvalue weighted by Crippen LogP contribution is -2.29. The molecule has 2 aromatic rings. The molecule has 1 aliphatic carbocycles. The highest BCUT2D eigenvalue weighted by molar-refractivity contribution is 8.01. The van der Waals surface area contributed by atoms with Gasteiger partial charge in [-0.15, -0.1) is 10.2 Å². The van der Waals surface area contributed by atoms with Gasteiger partial charge >= 0.3 is 0 Å². The second kappa shape index (κ2) is 4.76. The van der Waals surface area contributed by atoms with Crippen LogP contribution in [0.5, 0.6) is 0 Å². The Morgan fingerprint density at radius 1 is 1.35 bits per heavy atom. The van der Waals surface area contributed by atoms with Crippen molar-refractivity contribution in [1.82, 2.24) is 10.2 Å². The smallest absolute Gasteiger partial charge is 0.174 e. The average Bonchev–Trinajstić information content (AvgIpc) is 2.86. The molecule has 3 rings (SSSR count). The summed E-state index contributed by atoms with van der Waals surface area (Å²) in [6.45, 7) is 0. The first-order valence-corrected chi connectivity index (χ1v) is 7.37. The van der Waals surface area contributed by atoms with Gasteiger partial charge in [0, 0.05) is 11.3 Å². The second-order valence-electron chi connectivity index (χ2n) is 4.12. The van der Waals surface area contributed by atoms with Crippen LogP contribution in [0.4, 0.5) is 0 Å². The molecule has 0 saturated carbocycles. The maximum Gasteiger partial charge on any atom is 0.174 e. The third-order valence-electron chi connectivity index (χ3n) is 3.11. The van der Waals surface area contributed by atoms with Crippen molar-refractivity contribution in [2.75, 3.05) is 0 Å². The van der Waals surface area contributed by atoms with Gasteiger partial charge in [-0.05, 0) is 24.0 Å². The highest BCUT2D eigenvalue weighted by Gasteiger charge is 2.27. The van der Waals surface area contributed by atoms with E-state index in [2.05, 4.69) is 34.5 Å². The monoisotopic (exact) mass is 263 g/mol. The Hall–Kier alpha value is -0.910. The fourth-order valence-electron chi connectivity index (χ4n) is 2.24. The van der Waals surface area contributed by atoms with Crippen molar-refractivity contribution in [2.24, 2.45) is 5.73 Å². The molecule has 88 valence electrons. The molecule has 1 aromatic heterocycles. The lowest BCUT2D eigenvalue weighted by Gasteiger charge is -2.29. The van der Waals surface area contributed by atoms with E-state index in [0.717, 1.165) is 17.2 Å². The quantitative estimate of drug-likeness (QED) is 0.905. The maximum atomic E-state index is 6.34. The van der Waals surface area contributed by atoms with E-state index < -0.39 is 0 Å². The molecule has 1 aliphatic rings. The lowest BCUT2D eigenvalue weighted by atomic mass is 9.88. The van der Waals surface area contributed by atoms with E-state index in [1.54, 1.807) is 28.6 Å². The number of aromatic nitrogens is 2. The number of rotatable bonds is 2. The first-order valence-electron chi connectivity index (χ1n) is 5.61. The summed E-state index contributed by atoms with van der Waals surface area (Å²) in [4.78, 5) is 0. The summed E-state index contributed by atoms with van der Waals surface area (Å²) in [6.07, 6.45) is 2.22. The molecule has 2 unspecified atom stereocenters. The number of thioether (sulfide) groups is 1. The van der Waals surface area contributed by atoms with Crippen LogP contribution in [0.3, 0.4) is 0 Å².